The second-order valence-corrected chi connectivity index (χ2v) is 5.60. The third-order valence-electron chi connectivity index (χ3n) is 4.44. The highest BCUT2D eigenvalue weighted by molar-refractivity contribution is 5.35. The van der Waals surface area contributed by atoms with Crippen LogP contribution >= 0.6 is 0 Å². The number of aromatic nitrogens is 2. The third kappa shape index (κ3) is 2.21. The van der Waals surface area contributed by atoms with Crippen LogP contribution in [0.5, 0.6) is 0 Å². The molecule has 98 valence electrons. The fourth-order valence-corrected chi connectivity index (χ4v) is 3.17. The van der Waals surface area contributed by atoms with Crippen LogP contribution in [-0.2, 0) is 4.74 Å². The molecule has 0 aromatic carbocycles. The zero-order valence-corrected chi connectivity index (χ0v) is 11.0. The maximum atomic E-state index is 5.89. The van der Waals surface area contributed by atoms with Gasteiger partial charge in [0.15, 0.2) is 0 Å². The molecule has 1 unspecified atom stereocenters. The monoisotopic (exact) mass is 247 g/mol. The smallest absolute Gasteiger partial charge is 0.147 e. The van der Waals surface area contributed by atoms with Crippen molar-refractivity contribution in [2.75, 3.05) is 24.6 Å². The van der Waals surface area contributed by atoms with Crippen molar-refractivity contribution in [2.45, 2.75) is 38.7 Å². The van der Waals surface area contributed by atoms with E-state index in [0.29, 0.717) is 11.5 Å². The maximum Gasteiger partial charge on any atom is 0.147 e. The summed E-state index contributed by atoms with van der Waals surface area (Å²) in [7, 11) is 0. The molecule has 3 rings (SSSR count). The Balaban J connectivity index is 1.62. The lowest BCUT2D eigenvalue weighted by molar-refractivity contribution is 0.0865. The number of hydrogen-bond donors (Lipinski definition) is 0. The van der Waals surface area contributed by atoms with Crippen LogP contribution in [0, 0.1) is 5.41 Å². The van der Waals surface area contributed by atoms with E-state index in [1.54, 1.807) is 12.4 Å². The standard InChI is InChI=1S/C14H21N3O/c1-2-12-9-14(11-18-12)3-7-17(8-4-14)13-10-15-5-6-16-13/h5-6,10,12H,2-4,7-9,11H2,1H3. The topological polar surface area (TPSA) is 38.2 Å². The summed E-state index contributed by atoms with van der Waals surface area (Å²) in [6.45, 7) is 5.34. The zero-order valence-electron chi connectivity index (χ0n) is 11.0. The van der Waals surface area contributed by atoms with Crippen LogP contribution in [0.4, 0.5) is 5.82 Å². The summed E-state index contributed by atoms with van der Waals surface area (Å²) in [4.78, 5) is 10.9. The molecule has 18 heavy (non-hydrogen) atoms. The number of anilines is 1. The van der Waals surface area contributed by atoms with Gasteiger partial charge < -0.3 is 9.64 Å². The average Bonchev–Trinajstić information content (AvgIpc) is 2.84. The van der Waals surface area contributed by atoms with Crippen molar-refractivity contribution >= 4 is 5.82 Å². The molecule has 2 aliphatic rings. The van der Waals surface area contributed by atoms with E-state index in [2.05, 4.69) is 21.8 Å². The molecule has 0 N–H and O–H groups in total. The molecular formula is C14H21N3O. The molecule has 4 nitrogen and oxygen atoms in total. The van der Waals surface area contributed by atoms with Crippen LogP contribution in [0.3, 0.4) is 0 Å². The molecule has 3 heterocycles. The summed E-state index contributed by atoms with van der Waals surface area (Å²) in [5, 5.41) is 0. The second kappa shape index (κ2) is 4.84. The molecule has 1 atom stereocenters. The van der Waals surface area contributed by atoms with E-state index in [-0.39, 0.29) is 0 Å². The van der Waals surface area contributed by atoms with Crippen LogP contribution in [-0.4, -0.2) is 35.8 Å². The Hall–Kier alpha value is -1.16. The number of nitrogens with zero attached hydrogens (tertiary/aromatic N) is 3. The number of piperidine rings is 1. The first kappa shape index (κ1) is 11.9. The van der Waals surface area contributed by atoms with E-state index in [0.717, 1.165) is 31.9 Å². The van der Waals surface area contributed by atoms with Gasteiger partial charge in [0.2, 0.25) is 0 Å². The lowest BCUT2D eigenvalue weighted by Crippen LogP contribution is -2.41. The average molecular weight is 247 g/mol. The van der Waals surface area contributed by atoms with Crippen molar-refractivity contribution in [2.24, 2.45) is 5.41 Å². The summed E-state index contributed by atoms with van der Waals surface area (Å²) >= 11 is 0. The van der Waals surface area contributed by atoms with Crippen molar-refractivity contribution in [1.82, 2.24) is 9.97 Å². The fraction of sp³-hybridized carbons (Fsp3) is 0.714. The van der Waals surface area contributed by atoms with Crippen LogP contribution in [0.25, 0.3) is 0 Å². The van der Waals surface area contributed by atoms with Gasteiger partial charge in [0.05, 0.1) is 18.9 Å². The molecule has 2 saturated heterocycles. The third-order valence-corrected chi connectivity index (χ3v) is 4.44. The van der Waals surface area contributed by atoms with Crippen LogP contribution in [0.1, 0.15) is 32.6 Å². The molecular weight excluding hydrogens is 226 g/mol. The van der Waals surface area contributed by atoms with Crippen molar-refractivity contribution in [3.05, 3.63) is 18.6 Å². The minimum atomic E-state index is 0.444. The van der Waals surface area contributed by atoms with Gasteiger partial charge >= 0.3 is 0 Å². The summed E-state index contributed by atoms with van der Waals surface area (Å²) in [6.07, 6.45) is 10.7. The quantitative estimate of drug-likeness (QED) is 0.803. The highest BCUT2D eigenvalue weighted by Gasteiger charge is 2.41. The predicted octanol–water partition coefficient (Wildman–Crippen LogP) is 2.26. The van der Waals surface area contributed by atoms with E-state index in [1.165, 1.54) is 19.3 Å². The van der Waals surface area contributed by atoms with Crippen molar-refractivity contribution in [1.29, 1.82) is 0 Å². The molecule has 1 aromatic heterocycles. The molecule has 2 fully saturated rings. The number of ether oxygens (including phenoxy) is 1. The van der Waals surface area contributed by atoms with Crippen LogP contribution in [0.15, 0.2) is 18.6 Å². The van der Waals surface area contributed by atoms with Gasteiger partial charge in [-0.15, -0.1) is 0 Å². The van der Waals surface area contributed by atoms with Gasteiger partial charge in [-0.05, 0) is 31.1 Å². The van der Waals surface area contributed by atoms with Gasteiger partial charge in [-0.3, -0.25) is 4.98 Å². The van der Waals surface area contributed by atoms with Gasteiger partial charge in [-0.1, -0.05) is 6.92 Å². The summed E-state index contributed by atoms with van der Waals surface area (Å²) in [5.74, 6) is 1.01. The van der Waals surface area contributed by atoms with Crippen LogP contribution < -0.4 is 4.90 Å². The van der Waals surface area contributed by atoms with Gasteiger partial charge in [0.1, 0.15) is 5.82 Å². The Morgan fingerprint density at radius 2 is 2.22 bits per heavy atom. The number of hydrogen-bond acceptors (Lipinski definition) is 4. The number of rotatable bonds is 2. The molecule has 1 spiro atoms. The first-order valence-electron chi connectivity index (χ1n) is 6.94. The highest BCUT2D eigenvalue weighted by Crippen LogP contribution is 2.43. The first-order chi connectivity index (χ1) is 8.81. The fourth-order valence-electron chi connectivity index (χ4n) is 3.17. The van der Waals surface area contributed by atoms with Crippen molar-refractivity contribution in [3.8, 4) is 0 Å². The predicted molar refractivity (Wildman–Crippen MR) is 70.6 cm³/mol. The summed E-state index contributed by atoms with van der Waals surface area (Å²) in [6, 6.07) is 0. The molecule has 1 aromatic rings. The zero-order chi connectivity index (χ0) is 12.4. The Labute approximate surface area is 108 Å². The normalized spacial score (nSPS) is 26.7. The van der Waals surface area contributed by atoms with E-state index in [9.17, 15) is 0 Å². The maximum absolute atomic E-state index is 5.89. The molecule has 0 radical (unpaired) electrons. The molecule has 0 bridgehead atoms. The highest BCUT2D eigenvalue weighted by atomic mass is 16.5. The Bertz CT molecular complexity index is 387. The Morgan fingerprint density at radius 3 is 2.83 bits per heavy atom. The van der Waals surface area contributed by atoms with E-state index in [1.807, 2.05) is 6.20 Å². The molecule has 2 aliphatic heterocycles. The SMILES string of the molecule is CCC1CC2(CCN(c3cnccn3)CC2)CO1. The molecule has 0 saturated carbocycles. The van der Waals surface area contributed by atoms with E-state index >= 15 is 0 Å². The van der Waals surface area contributed by atoms with E-state index in [4.69, 9.17) is 4.74 Å². The second-order valence-electron chi connectivity index (χ2n) is 5.60. The van der Waals surface area contributed by atoms with Crippen molar-refractivity contribution < 1.29 is 4.74 Å². The van der Waals surface area contributed by atoms with Crippen molar-refractivity contribution in [3.63, 3.8) is 0 Å². The van der Waals surface area contributed by atoms with E-state index < -0.39 is 0 Å². The van der Waals surface area contributed by atoms with Gasteiger partial charge in [0, 0.05) is 25.5 Å². The van der Waals surface area contributed by atoms with Gasteiger partial charge in [-0.25, -0.2) is 4.98 Å². The van der Waals surface area contributed by atoms with Gasteiger partial charge in [-0.2, -0.15) is 0 Å². The molecule has 0 amide bonds. The lowest BCUT2D eigenvalue weighted by atomic mass is 9.76. The summed E-state index contributed by atoms with van der Waals surface area (Å²) < 4.78 is 5.89. The minimum absolute atomic E-state index is 0.444. The molecule has 4 heteroatoms. The lowest BCUT2D eigenvalue weighted by Gasteiger charge is -2.38. The molecule has 0 aliphatic carbocycles. The first-order valence-corrected chi connectivity index (χ1v) is 6.94. The Kier molecular flexibility index (Phi) is 3.20. The summed E-state index contributed by atoms with van der Waals surface area (Å²) in [5.41, 5.74) is 0.444. The minimum Gasteiger partial charge on any atom is -0.378 e. The largest absolute Gasteiger partial charge is 0.378 e. The Morgan fingerprint density at radius 1 is 1.39 bits per heavy atom. The van der Waals surface area contributed by atoms with Crippen LogP contribution in [0.2, 0.25) is 0 Å². The van der Waals surface area contributed by atoms with Gasteiger partial charge in [0.25, 0.3) is 0 Å².